The second-order valence-electron chi connectivity index (χ2n) is 5.75. The molecule has 3 unspecified atom stereocenters. The van der Waals surface area contributed by atoms with Crippen molar-refractivity contribution in [3.63, 3.8) is 0 Å². The fraction of sp³-hybridized carbons (Fsp3) is 1.00. The maximum Gasteiger partial charge on any atom is 0.0494 e. The van der Waals surface area contributed by atoms with Crippen LogP contribution in [0.15, 0.2) is 0 Å². The lowest BCUT2D eigenvalue weighted by Gasteiger charge is -2.26. The molecule has 0 radical (unpaired) electrons. The maximum absolute atomic E-state index is 5.83. The molecule has 102 valence electrons. The van der Waals surface area contributed by atoms with Crippen LogP contribution in [-0.2, 0) is 4.74 Å². The van der Waals surface area contributed by atoms with Crippen LogP contribution in [0, 0.1) is 11.8 Å². The van der Waals surface area contributed by atoms with Gasteiger partial charge in [-0.25, -0.2) is 0 Å². The van der Waals surface area contributed by atoms with Crippen LogP contribution in [-0.4, -0.2) is 26.3 Å². The van der Waals surface area contributed by atoms with Gasteiger partial charge >= 0.3 is 0 Å². The van der Waals surface area contributed by atoms with E-state index < -0.39 is 0 Å². The Labute approximate surface area is 108 Å². The third kappa shape index (κ3) is 6.42. The highest BCUT2D eigenvalue weighted by Crippen LogP contribution is 2.28. The monoisotopic (exact) mass is 241 g/mol. The summed E-state index contributed by atoms with van der Waals surface area (Å²) in [6, 6.07) is 0.674. The number of hydrogen-bond acceptors (Lipinski definition) is 2. The van der Waals surface area contributed by atoms with E-state index in [1.807, 2.05) is 0 Å². The fourth-order valence-corrected chi connectivity index (χ4v) is 2.95. The largest absolute Gasteiger partial charge is 0.381 e. The summed E-state index contributed by atoms with van der Waals surface area (Å²) in [6.07, 6.45) is 9.27. The van der Waals surface area contributed by atoms with E-state index in [4.69, 9.17) is 4.74 Å². The van der Waals surface area contributed by atoms with Crippen LogP contribution >= 0.6 is 0 Å². The molecule has 0 aromatic heterocycles. The molecule has 1 aliphatic rings. The van der Waals surface area contributed by atoms with Gasteiger partial charge in [0.25, 0.3) is 0 Å². The Hall–Kier alpha value is -0.0800. The predicted molar refractivity (Wildman–Crippen MR) is 74.3 cm³/mol. The van der Waals surface area contributed by atoms with Gasteiger partial charge < -0.3 is 10.1 Å². The molecular formula is C15H31NO. The molecule has 0 aromatic carbocycles. The van der Waals surface area contributed by atoms with Crippen molar-refractivity contribution in [2.75, 3.05) is 20.3 Å². The van der Waals surface area contributed by atoms with E-state index in [2.05, 4.69) is 26.2 Å². The minimum atomic E-state index is 0.674. The van der Waals surface area contributed by atoms with Crippen molar-refractivity contribution in [3.05, 3.63) is 0 Å². The molecule has 3 atom stereocenters. The number of rotatable bonds is 8. The second kappa shape index (κ2) is 8.93. The molecule has 1 saturated carbocycles. The average molecular weight is 241 g/mol. The van der Waals surface area contributed by atoms with Gasteiger partial charge in [-0.1, -0.05) is 26.7 Å². The van der Waals surface area contributed by atoms with Gasteiger partial charge in [-0.05, 0) is 51.0 Å². The average Bonchev–Trinajstić information content (AvgIpc) is 2.34. The SMILES string of the molecule is CCC(CCCOCC1CCCC(C)C1)NC. The van der Waals surface area contributed by atoms with Gasteiger partial charge in [-0.15, -0.1) is 0 Å². The van der Waals surface area contributed by atoms with E-state index >= 15 is 0 Å². The van der Waals surface area contributed by atoms with E-state index in [0.29, 0.717) is 6.04 Å². The van der Waals surface area contributed by atoms with Gasteiger partial charge in [0.2, 0.25) is 0 Å². The standard InChI is InChI=1S/C15H31NO/c1-4-15(16-3)9-6-10-17-12-14-8-5-7-13(2)11-14/h13-16H,4-12H2,1-3H3. The van der Waals surface area contributed by atoms with Gasteiger partial charge in [-0.2, -0.15) is 0 Å². The zero-order chi connectivity index (χ0) is 12.5. The summed E-state index contributed by atoms with van der Waals surface area (Å²) >= 11 is 0. The summed E-state index contributed by atoms with van der Waals surface area (Å²) in [6.45, 7) is 6.57. The highest BCUT2D eigenvalue weighted by Gasteiger charge is 2.18. The summed E-state index contributed by atoms with van der Waals surface area (Å²) in [5.74, 6) is 1.76. The lowest BCUT2D eigenvalue weighted by Crippen LogP contribution is -2.24. The zero-order valence-corrected chi connectivity index (χ0v) is 12.0. The molecule has 2 nitrogen and oxygen atoms in total. The summed E-state index contributed by atoms with van der Waals surface area (Å²) < 4.78 is 5.83. The third-order valence-electron chi connectivity index (χ3n) is 4.14. The molecular weight excluding hydrogens is 210 g/mol. The van der Waals surface area contributed by atoms with E-state index in [1.165, 1.54) is 44.9 Å². The normalized spacial score (nSPS) is 27.0. The molecule has 1 rings (SSSR count). The van der Waals surface area contributed by atoms with Gasteiger partial charge in [-0.3, -0.25) is 0 Å². The first-order valence-corrected chi connectivity index (χ1v) is 7.51. The first-order valence-electron chi connectivity index (χ1n) is 7.51. The van der Waals surface area contributed by atoms with Gasteiger partial charge in [0.1, 0.15) is 0 Å². The molecule has 17 heavy (non-hydrogen) atoms. The molecule has 0 bridgehead atoms. The number of hydrogen-bond donors (Lipinski definition) is 1. The topological polar surface area (TPSA) is 21.3 Å². The highest BCUT2D eigenvalue weighted by molar-refractivity contribution is 4.70. The third-order valence-corrected chi connectivity index (χ3v) is 4.14. The van der Waals surface area contributed by atoms with Crippen molar-refractivity contribution in [1.29, 1.82) is 0 Å². The predicted octanol–water partition coefficient (Wildman–Crippen LogP) is 3.61. The molecule has 0 aromatic rings. The summed E-state index contributed by atoms with van der Waals surface area (Å²) in [5.41, 5.74) is 0. The van der Waals surface area contributed by atoms with Crippen molar-refractivity contribution >= 4 is 0 Å². The van der Waals surface area contributed by atoms with E-state index in [-0.39, 0.29) is 0 Å². The van der Waals surface area contributed by atoms with Crippen LogP contribution in [0.3, 0.4) is 0 Å². The molecule has 1 aliphatic carbocycles. The van der Waals surface area contributed by atoms with Crippen LogP contribution in [0.1, 0.15) is 58.8 Å². The summed E-state index contributed by atoms with van der Waals surface area (Å²) in [4.78, 5) is 0. The van der Waals surface area contributed by atoms with E-state index in [0.717, 1.165) is 25.0 Å². The molecule has 0 saturated heterocycles. The lowest BCUT2D eigenvalue weighted by molar-refractivity contribution is 0.0730. The molecule has 1 fully saturated rings. The van der Waals surface area contributed by atoms with Crippen molar-refractivity contribution in [3.8, 4) is 0 Å². The molecule has 1 N–H and O–H groups in total. The minimum absolute atomic E-state index is 0.674. The molecule has 0 spiro atoms. The van der Waals surface area contributed by atoms with E-state index in [1.54, 1.807) is 0 Å². The first kappa shape index (κ1) is 15.0. The smallest absolute Gasteiger partial charge is 0.0494 e. The quantitative estimate of drug-likeness (QED) is 0.656. The minimum Gasteiger partial charge on any atom is -0.381 e. The Bertz CT molecular complexity index is 180. The summed E-state index contributed by atoms with van der Waals surface area (Å²) in [7, 11) is 2.05. The van der Waals surface area contributed by atoms with Crippen LogP contribution in [0.4, 0.5) is 0 Å². The highest BCUT2D eigenvalue weighted by atomic mass is 16.5. The van der Waals surface area contributed by atoms with Crippen LogP contribution in [0.5, 0.6) is 0 Å². The molecule has 0 heterocycles. The maximum atomic E-state index is 5.83. The van der Waals surface area contributed by atoms with Crippen LogP contribution in [0.25, 0.3) is 0 Å². The van der Waals surface area contributed by atoms with Crippen LogP contribution < -0.4 is 5.32 Å². The van der Waals surface area contributed by atoms with Crippen molar-refractivity contribution in [1.82, 2.24) is 5.32 Å². The van der Waals surface area contributed by atoms with Crippen molar-refractivity contribution in [2.45, 2.75) is 64.8 Å². The zero-order valence-electron chi connectivity index (χ0n) is 12.0. The Kier molecular flexibility index (Phi) is 7.87. The Morgan fingerprint density at radius 1 is 1.35 bits per heavy atom. The molecule has 0 amide bonds. The van der Waals surface area contributed by atoms with Gasteiger partial charge in [0.05, 0.1) is 0 Å². The Balaban J connectivity index is 1.96. The summed E-state index contributed by atoms with van der Waals surface area (Å²) in [5, 5.41) is 3.34. The van der Waals surface area contributed by atoms with Gasteiger partial charge in [0.15, 0.2) is 0 Å². The Morgan fingerprint density at radius 3 is 2.82 bits per heavy atom. The number of ether oxygens (including phenoxy) is 1. The molecule has 0 aliphatic heterocycles. The first-order chi connectivity index (χ1) is 8.26. The van der Waals surface area contributed by atoms with Crippen LogP contribution in [0.2, 0.25) is 0 Å². The van der Waals surface area contributed by atoms with Crippen molar-refractivity contribution in [2.24, 2.45) is 11.8 Å². The second-order valence-corrected chi connectivity index (χ2v) is 5.75. The lowest BCUT2D eigenvalue weighted by atomic mass is 9.83. The van der Waals surface area contributed by atoms with Crippen molar-refractivity contribution < 1.29 is 4.74 Å². The number of nitrogens with one attached hydrogen (secondary N) is 1. The fourth-order valence-electron chi connectivity index (χ4n) is 2.95. The Morgan fingerprint density at radius 2 is 2.18 bits per heavy atom. The van der Waals surface area contributed by atoms with Gasteiger partial charge in [0, 0.05) is 19.3 Å². The molecule has 2 heteroatoms. The van der Waals surface area contributed by atoms with E-state index in [9.17, 15) is 0 Å².